The Morgan fingerprint density at radius 2 is 1.33 bits per heavy atom. The molecule has 0 bridgehead atoms. The van der Waals surface area contributed by atoms with E-state index >= 15 is 0 Å². The summed E-state index contributed by atoms with van der Waals surface area (Å²) in [4.78, 5) is 8.56. The van der Waals surface area contributed by atoms with Crippen LogP contribution in [-0.2, 0) is 21.1 Å². The molecular weight excluding hydrogens is 179 g/mol. The van der Waals surface area contributed by atoms with Gasteiger partial charge in [-0.2, -0.15) is 0 Å². The van der Waals surface area contributed by atoms with Gasteiger partial charge in [-0.25, -0.2) is 4.79 Å². The summed E-state index contributed by atoms with van der Waals surface area (Å²) in [5.74, 6) is 0. The molecule has 0 aliphatic heterocycles. The Morgan fingerprint density at radius 3 is 1.33 bits per heavy atom. The molecule has 5 heteroatoms. The first-order valence-corrected chi connectivity index (χ1v) is 0.651. The number of hydrogen-bond donors (Lipinski definition) is 2. The predicted molar refractivity (Wildman–Crippen MR) is 17.8 cm³/mol. The number of carbonyl (C=O) groups is 1. The van der Waals surface area contributed by atoms with Crippen LogP contribution in [0.25, 0.3) is 0 Å². The van der Waals surface area contributed by atoms with Crippen molar-refractivity contribution in [3.05, 3.63) is 0 Å². The van der Waals surface area contributed by atoms with Gasteiger partial charge in [-0.1, -0.05) is 0 Å². The van der Waals surface area contributed by atoms with Crippen LogP contribution in [0.3, 0.4) is 0 Å². The minimum absolute atomic E-state index is 0. The number of rotatable bonds is 0. The van der Waals surface area contributed by atoms with Crippen LogP contribution in [0.2, 0.25) is 0 Å². The Bertz CT molecular complexity index is 33.8. The van der Waals surface area contributed by atoms with Crippen LogP contribution >= 0.6 is 0 Å². The van der Waals surface area contributed by atoms with E-state index < -0.39 is 6.16 Å². The topological polar surface area (TPSA) is 57.5 Å². The average molecular weight is 182 g/mol. The van der Waals surface area contributed by atoms with E-state index in [0.717, 1.165) is 0 Å². The van der Waals surface area contributed by atoms with Gasteiger partial charge in [0, 0.05) is 21.1 Å². The van der Waals surface area contributed by atoms with Gasteiger partial charge in [0.25, 0.3) is 0 Å². The summed E-state index contributed by atoms with van der Waals surface area (Å²) < 4.78 is 0. The molecule has 0 aromatic rings. The molecule has 0 rings (SSSR count). The monoisotopic (exact) mass is 184 g/mol. The van der Waals surface area contributed by atoms with Crippen molar-refractivity contribution in [1.29, 1.82) is 0 Å². The second kappa shape index (κ2) is 9.35. The zero-order chi connectivity index (χ0) is 3.58. The molecule has 0 radical (unpaired) electrons. The van der Waals surface area contributed by atoms with Gasteiger partial charge in [0.1, 0.15) is 0 Å². The SMILES string of the molecule is O=C(O)O.[Mo].[NaH]. The molecule has 0 spiro atoms. The molecule has 0 aliphatic carbocycles. The fourth-order valence-corrected chi connectivity index (χ4v) is 0. The van der Waals surface area contributed by atoms with Crippen molar-refractivity contribution in [2.45, 2.75) is 0 Å². The molecule has 6 heavy (non-hydrogen) atoms. The molecule has 0 heterocycles. The van der Waals surface area contributed by atoms with Crippen molar-refractivity contribution in [3.63, 3.8) is 0 Å². The first-order valence-electron chi connectivity index (χ1n) is 0.651. The molecule has 0 amide bonds. The van der Waals surface area contributed by atoms with Crippen LogP contribution in [0.4, 0.5) is 4.79 Å². The van der Waals surface area contributed by atoms with Crippen LogP contribution in [-0.4, -0.2) is 45.9 Å². The Kier molecular flexibility index (Phi) is 24.6. The summed E-state index contributed by atoms with van der Waals surface area (Å²) in [6, 6.07) is 0. The Balaban J connectivity index is -0.0000000450. The fourth-order valence-electron chi connectivity index (χ4n) is 0. The Morgan fingerprint density at radius 1 is 1.33 bits per heavy atom. The van der Waals surface area contributed by atoms with Crippen molar-refractivity contribution < 1.29 is 36.1 Å². The zero-order valence-corrected chi connectivity index (χ0v) is 4.22. The summed E-state index contributed by atoms with van der Waals surface area (Å²) in [7, 11) is 0. The van der Waals surface area contributed by atoms with Gasteiger partial charge in [-0.15, -0.1) is 0 Å². The van der Waals surface area contributed by atoms with Crippen LogP contribution in [0.15, 0.2) is 0 Å². The van der Waals surface area contributed by atoms with Gasteiger partial charge >= 0.3 is 35.7 Å². The first-order chi connectivity index (χ1) is 1.73. The van der Waals surface area contributed by atoms with Crippen molar-refractivity contribution in [2.75, 3.05) is 0 Å². The quantitative estimate of drug-likeness (QED) is 0.499. The maximum atomic E-state index is 8.56. The molecule has 0 fully saturated rings. The Hall–Kier alpha value is 0.958. The van der Waals surface area contributed by atoms with Crippen molar-refractivity contribution in [2.24, 2.45) is 0 Å². The molecule has 0 aromatic carbocycles. The third-order valence-corrected chi connectivity index (χ3v) is 0. The summed E-state index contributed by atoms with van der Waals surface area (Å²) in [6.07, 6.45) is -1.83. The van der Waals surface area contributed by atoms with E-state index in [1.165, 1.54) is 0 Å². The maximum absolute atomic E-state index is 8.56. The van der Waals surface area contributed by atoms with Crippen LogP contribution in [0.1, 0.15) is 0 Å². The molecule has 0 saturated heterocycles. The second-order valence-electron chi connectivity index (χ2n) is 0.283. The zero-order valence-electron chi connectivity index (χ0n) is 2.21. The fraction of sp³-hybridized carbons (Fsp3) is 0. The molecule has 32 valence electrons. The Labute approximate surface area is 71.3 Å². The molecule has 0 aliphatic rings. The minimum atomic E-state index is -1.83. The third-order valence-electron chi connectivity index (χ3n) is 0. The van der Waals surface area contributed by atoms with Gasteiger partial charge in [0.2, 0.25) is 0 Å². The van der Waals surface area contributed by atoms with E-state index in [0.29, 0.717) is 0 Å². The van der Waals surface area contributed by atoms with Gasteiger partial charge in [0.15, 0.2) is 0 Å². The number of hydrogen-bond acceptors (Lipinski definition) is 1. The van der Waals surface area contributed by atoms with Crippen LogP contribution < -0.4 is 0 Å². The van der Waals surface area contributed by atoms with Gasteiger partial charge in [-0.3, -0.25) is 0 Å². The summed E-state index contributed by atoms with van der Waals surface area (Å²) in [5.41, 5.74) is 0. The molecule has 3 nitrogen and oxygen atoms in total. The van der Waals surface area contributed by atoms with Crippen molar-refractivity contribution in [3.8, 4) is 0 Å². The second-order valence-corrected chi connectivity index (χ2v) is 0.283. The standard InChI is InChI=1S/CH2O3.Mo.Na.H/c2-1(3)4;;;/h(H2,2,3,4);;;. The van der Waals surface area contributed by atoms with E-state index in [1.54, 1.807) is 0 Å². The normalized spacial score (nSPS) is 4.00. The van der Waals surface area contributed by atoms with E-state index in [-0.39, 0.29) is 50.6 Å². The van der Waals surface area contributed by atoms with E-state index in [1.807, 2.05) is 0 Å². The molecule has 0 saturated carbocycles. The van der Waals surface area contributed by atoms with E-state index in [4.69, 9.17) is 15.0 Å². The molecule has 0 aromatic heterocycles. The van der Waals surface area contributed by atoms with Crippen molar-refractivity contribution in [1.82, 2.24) is 0 Å². The first kappa shape index (κ1) is 15.8. The summed E-state index contributed by atoms with van der Waals surface area (Å²) >= 11 is 0. The van der Waals surface area contributed by atoms with Crippen LogP contribution in [0, 0.1) is 0 Å². The number of carboxylic acid groups (broad SMARTS) is 2. The molecule has 0 unspecified atom stereocenters. The van der Waals surface area contributed by atoms with Gasteiger partial charge in [0.05, 0.1) is 0 Å². The van der Waals surface area contributed by atoms with Crippen LogP contribution in [0.5, 0.6) is 0 Å². The predicted octanol–water partition coefficient (Wildman–Crippen LogP) is -0.429. The van der Waals surface area contributed by atoms with E-state index in [9.17, 15) is 0 Å². The molecule has 2 N–H and O–H groups in total. The summed E-state index contributed by atoms with van der Waals surface area (Å²) in [5, 5.41) is 13.9. The van der Waals surface area contributed by atoms with Gasteiger partial charge in [-0.05, 0) is 0 Å². The van der Waals surface area contributed by atoms with E-state index in [2.05, 4.69) is 0 Å². The molecular formula is CH3MoNaO3. The summed E-state index contributed by atoms with van der Waals surface area (Å²) in [6.45, 7) is 0. The van der Waals surface area contributed by atoms with Gasteiger partial charge < -0.3 is 10.2 Å². The molecule has 0 atom stereocenters. The average Bonchev–Trinajstić information content (AvgIpc) is 0.811. The van der Waals surface area contributed by atoms with Crippen molar-refractivity contribution >= 4 is 35.7 Å². The third kappa shape index (κ3) is 84.6.